The lowest BCUT2D eigenvalue weighted by Crippen LogP contribution is -2.58. The van der Waals surface area contributed by atoms with Crippen molar-refractivity contribution >= 4 is 11.6 Å². The average molecular weight is 283 g/mol. The van der Waals surface area contributed by atoms with E-state index in [0.717, 1.165) is 19.3 Å². The van der Waals surface area contributed by atoms with Crippen LogP contribution in [0.2, 0.25) is 0 Å². The molecule has 0 bridgehead atoms. The second-order valence-corrected chi connectivity index (χ2v) is 6.52. The van der Waals surface area contributed by atoms with Gasteiger partial charge in [-0.2, -0.15) is 0 Å². The van der Waals surface area contributed by atoms with Crippen LogP contribution in [0.15, 0.2) is 18.2 Å². The van der Waals surface area contributed by atoms with Crippen molar-refractivity contribution in [3.63, 3.8) is 0 Å². The molecule has 104 valence electrons. The molecule has 0 heterocycles. The molecule has 2 saturated carbocycles. The predicted molar refractivity (Wildman–Crippen MR) is 75.3 cm³/mol. The highest BCUT2D eigenvalue weighted by Crippen LogP contribution is 2.55. The molecule has 2 aliphatic carbocycles. The van der Waals surface area contributed by atoms with Crippen molar-refractivity contribution in [1.82, 2.24) is 0 Å². The SMILES string of the molecule is Cc1cccc(OC2CC(Cl)C23CCCCC3)c1F. The third kappa shape index (κ3) is 2.14. The number of benzene rings is 1. The third-order valence-electron chi connectivity index (χ3n) is 4.90. The average Bonchev–Trinajstić information content (AvgIpc) is 2.44. The summed E-state index contributed by atoms with van der Waals surface area (Å²) in [5.74, 6) is 0.157. The monoisotopic (exact) mass is 282 g/mol. The first-order valence-corrected chi connectivity index (χ1v) is 7.63. The molecular weight excluding hydrogens is 263 g/mol. The van der Waals surface area contributed by atoms with Gasteiger partial charge in [0.2, 0.25) is 0 Å². The number of hydrogen-bond donors (Lipinski definition) is 0. The van der Waals surface area contributed by atoms with Gasteiger partial charge in [0, 0.05) is 17.2 Å². The summed E-state index contributed by atoms with van der Waals surface area (Å²) < 4.78 is 20.0. The number of hydrogen-bond acceptors (Lipinski definition) is 1. The molecule has 2 unspecified atom stereocenters. The molecule has 0 N–H and O–H groups in total. The molecule has 2 fully saturated rings. The zero-order valence-electron chi connectivity index (χ0n) is 11.3. The molecule has 3 heteroatoms. The van der Waals surface area contributed by atoms with Crippen molar-refractivity contribution in [1.29, 1.82) is 0 Å². The van der Waals surface area contributed by atoms with Crippen LogP contribution in [0.3, 0.4) is 0 Å². The Bertz CT molecular complexity index is 468. The normalized spacial score (nSPS) is 29.0. The maximum atomic E-state index is 14.0. The summed E-state index contributed by atoms with van der Waals surface area (Å²) in [5, 5.41) is 0.200. The van der Waals surface area contributed by atoms with Gasteiger partial charge in [0.15, 0.2) is 11.6 Å². The van der Waals surface area contributed by atoms with Gasteiger partial charge < -0.3 is 4.74 Å². The Morgan fingerprint density at radius 2 is 2.00 bits per heavy atom. The Hall–Kier alpha value is -0.760. The fourth-order valence-electron chi connectivity index (χ4n) is 3.57. The fraction of sp³-hybridized carbons (Fsp3) is 0.625. The van der Waals surface area contributed by atoms with Crippen LogP contribution in [-0.2, 0) is 0 Å². The maximum absolute atomic E-state index is 14.0. The first-order chi connectivity index (χ1) is 9.13. The van der Waals surface area contributed by atoms with E-state index in [1.165, 1.54) is 19.3 Å². The molecule has 2 aliphatic rings. The number of halogens is 2. The van der Waals surface area contributed by atoms with Crippen LogP contribution in [-0.4, -0.2) is 11.5 Å². The standard InChI is InChI=1S/C16H20ClFO/c1-11-6-5-7-12(15(11)18)19-14-10-13(17)16(14)8-3-2-4-9-16/h5-7,13-14H,2-4,8-10H2,1H3. The zero-order chi connectivity index (χ0) is 13.5. The van der Waals surface area contributed by atoms with Crippen LogP contribution < -0.4 is 4.74 Å². The van der Waals surface area contributed by atoms with Gasteiger partial charge in [-0.05, 0) is 31.4 Å². The van der Waals surface area contributed by atoms with E-state index in [0.29, 0.717) is 11.3 Å². The summed E-state index contributed by atoms with van der Waals surface area (Å²) in [6.07, 6.45) is 6.91. The van der Waals surface area contributed by atoms with Gasteiger partial charge in [-0.25, -0.2) is 4.39 Å². The molecule has 1 spiro atoms. The summed E-state index contributed by atoms with van der Waals surface area (Å²) in [6, 6.07) is 5.34. The molecular formula is C16H20ClFO. The van der Waals surface area contributed by atoms with Gasteiger partial charge in [-0.3, -0.25) is 0 Å². The molecule has 19 heavy (non-hydrogen) atoms. The summed E-state index contributed by atoms with van der Waals surface area (Å²) in [6.45, 7) is 1.77. The van der Waals surface area contributed by atoms with E-state index in [2.05, 4.69) is 0 Å². The molecule has 0 radical (unpaired) electrons. The molecule has 0 amide bonds. The maximum Gasteiger partial charge on any atom is 0.167 e. The van der Waals surface area contributed by atoms with E-state index in [1.807, 2.05) is 6.07 Å². The van der Waals surface area contributed by atoms with E-state index in [1.54, 1.807) is 19.1 Å². The summed E-state index contributed by atoms with van der Waals surface area (Å²) in [5.41, 5.74) is 0.729. The Kier molecular flexibility index (Phi) is 3.46. The van der Waals surface area contributed by atoms with Crippen molar-refractivity contribution in [3.05, 3.63) is 29.6 Å². The number of aryl methyl sites for hydroxylation is 1. The van der Waals surface area contributed by atoms with Crippen molar-refractivity contribution in [2.75, 3.05) is 0 Å². The van der Waals surface area contributed by atoms with Gasteiger partial charge in [0.1, 0.15) is 6.10 Å². The van der Waals surface area contributed by atoms with Crippen LogP contribution in [0.1, 0.15) is 44.1 Å². The van der Waals surface area contributed by atoms with E-state index >= 15 is 0 Å². The zero-order valence-corrected chi connectivity index (χ0v) is 12.0. The van der Waals surface area contributed by atoms with Crippen molar-refractivity contribution < 1.29 is 9.13 Å². The second kappa shape index (κ2) is 4.97. The lowest BCUT2D eigenvalue weighted by molar-refractivity contribution is -0.0666. The van der Waals surface area contributed by atoms with Crippen LogP contribution >= 0.6 is 11.6 Å². The second-order valence-electron chi connectivity index (χ2n) is 5.99. The molecule has 1 nitrogen and oxygen atoms in total. The molecule has 2 atom stereocenters. The van der Waals surface area contributed by atoms with E-state index in [4.69, 9.17) is 16.3 Å². The van der Waals surface area contributed by atoms with Crippen LogP contribution in [0.5, 0.6) is 5.75 Å². The quantitative estimate of drug-likeness (QED) is 0.705. The highest BCUT2D eigenvalue weighted by Gasteiger charge is 2.56. The Morgan fingerprint density at radius 3 is 2.68 bits per heavy atom. The van der Waals surface area contributed by atoms with E-state index in [9.17, 15) is 4.39 Å². The highest BCUT2D eigenvalue weighted by atomic mass is 35.5. The number of rotatable bonds is 2. The van der Waals surface area contributed by atoms with Crippen molar-refractivity contribution in [3.8, 4) is 5.75 Å². The minimum absolute atomic E-state index is 0.0894. The largest absolute Gasteiger partial charge is 0.487 e. The van der Waals surface area contributed by atoms with Gasteiger partial charge in [-0.15, -0.1) is 11.6 Å². The Labute approximate surface area is 119 Å². The molecule has 0 aliphatic heterocycles. The minimum Gasteiger partial charge on any atom is -0.487 e. The minimum atomic E-state index is -0.230. The van der Waals surface area contributed by atoms with Crippen LogP contribution in [0.4, 0.5) is 4.39 Å². The van der Waals surface area contributed by atoms with Gasteiger partial charge in [0.05, 0.1) is 0 Å². The first kappa shape index (κ1) is 13.2. The fourth-order valence-corrected chi connectivity index (χ4v) is 4.09. The first-order valence-electron chi connectivity index (χ1n) is 7.19. The predicted octanol–water partition coefficient (Wildman–Crippen LogP) is 4.84. The van der Waals surface area contributed by atoms with Crippen LogP contribution in [0, 0.1) is 18.2 Å². The lowest BCUT2D eigenvalue weighted by Gasteiger charge is -2.55. The lowest BCUT2D eigenvalue weighted by atomic mass is 9.58. The molecule has 3 rings (SSSR count). The van der Waals surface area contributed by atoms with Gasteiger partial charge >= 0.3 is 0 Å². The Balaban J connectivity index is 1.78. The summed E-state index contributed by atoms with van der Waals surface area (Å²) >= 11 is 6.44. The smallest absolute Gasteiger partial charge is 0.167 e. The molecule has 0 aromatic heterocycles. The van der Waals surface area contributed by atoms with Crippen LogP contribution in [0.25, 0.3) is 0 Å². The molecule has 1 aromatic rings. The number of alkyl halides is 1. The third-order valence-corrected chi connectivity index (χ3v) is 5.51. The van der Waals surface area contributed by atoms with E-state index in [-0.39, 0.29) is 22.7 Å². The van der Waals surface area contributed by atoms with Gasteiger partial charge in [0.25, 0.3) is 0 Å². The molecule has 1 aromatic carbocycles. The summed E-state index contributed by atoms with van der Waals surface area (Å²) in [7, 11) is 0. The van der Waals surface area contributed by atoms with Crippen molar-refractivity contribution in [2.45, 2.75) is 56.9 Å². The van der Waals surface area contributed by atoms with Crippen molar-refractivity contribution in [2.24, 2.45) is 5.41 Å². The van der Waals surface area contributed by atoms with Gasteiger partial charge in [-0.1, -0.05) is 31.4 Å². The Morgan fingerprint density at radius 1 is 1.26 bits per heavy atom. The number of ether oxygens (including phenoxy) is 1. The summed E-state index contributed by atoms with van der Waals surface area (Å²) in [4.78, 5) is 0. The topological polar surface area (TPSA) is 9.23 Å². The highest BCUT2D eigenvalue weighted by molar-refractivity contribution is 6.21. The molecule has 0 saturated heterocycles. The van der Waals surface area contributed by atoms with E-state index < -0.39 is 0 Å².